The maximum absolute atomic E-state index is 13.1. The van der Waals surface area contributed by atoms with Crippen LogP contribution >= 0.6 is 0 Å². The summed E-state index contributed by atoms with van der Waals surface area (Å²) in [6.07, 6.45) is 1.27. The molecule has 4 aromatic rings. The SMILES string of the molecule is COc1ccc(Oc2coc3cc(OCc4ccc(C(=O)O)o4)ccc3c2=O)c(C(C)(C)C)c1. The van der Waals surface area contributed by atoms with E-state index in [-0.39, 0.29) is 29.0 Å². The van der Waals surface area contributed by atoms with Crippen LogP contribution in [0, 0.1) is 0 Å². The number of hydrogen-bond donors (Lipinski definition) is 1. The Hall–Kier alpha value is -4.20. The first-order valence-corrected chi connectivity index (χ1v) is 10.5. The average molecular weight is 464 g/mol. The van der Waals surface area contributed by atoms with Crippen LogP contribution in [-0.4, -0.2) is 18.2 Å². The Labute approximate surface area is 195 Å². The number of carboxylic acids is 1. The molecule has 0 saturated carbocycles. The van der Waals surface area contributed by atoms with Gasteiger partial charge >= 0.3 is 5.97 Å². The van der Waals surface area contributed by atoms with Crippen LogP contribution in [0.4, 0.5) is 0 Å². The minimum absolute atomic E-state index is 0.0251. The molecule has 2 aromatic heterocycles. The lowest BCUT2D eigenvalue weighted by atomic mass is 9.86. The molecule has 1 N–H and O–H groups in total. The lowest BCUT2D eigenvalue weighted by Crippen LogP contribution is -2.14. The number of carbonyl (C=O) groups is 1. The molecule has 0 unspecified atom stereocenters. The van der Waals surface area contributed by atoms with Crippen molar-refractivity contribution >= 4 is 16.9 Å². The van der Waals surface area contributed by atoms with Crippen LogP contribution in [0.15, 0.2) is 68.4 Å². The lowest BCUT2D eigenvalue weighted by Gasteiger charge is -2.23. The second kappa shape index (κ2) is 8.97. The van der Waals surface area contributed by atoms with Gasteiger partial charge in [-0.3, -0.25) is 4.79 Å². The minimum Gasteiger partial charge on any atom is -0.497 e. The van der Waals surface area contributed by atoms with Gasteiger partial charge in [-0.1, -0.05) is 20.8 Å². The van der Waals surface area contributed by atoms with E-state index in [0.717, 1.165) is 5.56 Å². The molecule has 0 spiro atoms. The molecule has 0 saturated heterocycles. The van der Waals surface area contributed by atoms with Gasteiger partial charge in [0, 0.05) is 11.6 Å². The summed E-state index contributed by atoms with van der Waals surface area (Å²) in [6.45, 7) is 6.16. The Bertz CT molecular complexity index is 1400. The molecule has 0 atom stereocenters. The van der Waals surface area contributed by atoms with Gasteiger partial charge in [0.1, 0.15) is 41.5 Å². The first-order valence-electron chi connectivity index (χ1n) is 10.5. The van der Waals surface area contributed by atoms with Crippen molar-refractivity contribution in [1.82, 2.24) is 0 Å². The smallest absolute Gasteiger partial charge is 0.371 e. The molecule has 0 bridgehead atoms. The highest BCUT2D eigenvalue weighted by Crippen LogP contribution is 2.36. The van der Waals surface area contributed by atoms with Crippen LogP contribution in [0.3, 0.4) is 0 Å². The Kier molecular flexibility index (Phi) is 6.06. The van der Waals surface area contributed by atoms with Crippen LogP contribution < -0.4 is 19.6 Å². The second-order valence-electron chi connectivity index (χ2n) is 8.66. The van der Waals surface area contributed by atoms with Crippen LogP contribution in [0.5, 0.6) is 23.0 Å². The number of hydrogen-bond acceptors (Lipinski definition) is 7. The van der Waals surface area contributed by atoms with Gasteiger partial charge in [-0.15, -0.1) is 0 Å². The van der Waals surface area contributed by atoms with Gasteiger partial charge in [-0.2, -0.15) is 0 Å². The third kappa shape index (κ3) is 4.76. The standard InChI is InChI=1S/C26H24O8/c1-26(2,3)19-11-15(30-4)6-9-20(19)34-23-14-32-22-12-16(5-8-18(22)24(23)27)31-13-17-7-10-21(33-17)25(28)29/h5-12,14H,13H2,1-4H3,(H,28,29). The van der Waals surface area contributed by atoms with E-state index < -0.39 is 5.97 Å². The molecule has 0 aliphatic heterocycles. The van der Waals surface area contributed by atoms with Crippen molar-refractivity contribution in [2.45, 2.75) is 32.8 Å². The summed E-state index contributed by atoms with van der Waals surface area (Å²) in [5.41, 5.74) is 0.651. The minimum atomic E-state index is -1.15. The molecule has 34 heavy (non-hydrogen) atoms. The van der Waals surface area contributed by atoms with Gasteiger partial charge < -0.3 is 28.2 Å². The summed E-state index contributed by atoms with van der Waals surface area (Å²) in [5, 5.41) is 9.26. The third-order valence-corrected chi connectivity index (χ3v) is 5.18. The summed E-state index contributed by atoms with van der Waals surface area (Å²) in [4.78, 5) is 24.0. The van der Waals surface area contributed by atoms with Gasteiger partial charge in [0.15, 0.2) is 0 Å². The van der Waals surface area contributed by atoms with E-state index in [0.29, 0.717) is 34.0 Å². The molecular formula is C26H24O8. The first kappa shape index (κ1) is 23.0. The molecule has 8 heteroatoms. The van der Waals surface area contributed by atoms with Crippen LogP contribution in [-0.2, 0) is 12.0 Å². The number of methoxy groups -OCH3 is 1. The number of fused-ring (bicyclic) bond motifs is 1. The molecule has 2 aromatic carbocycles. The Balaban J connectivity index is 1.58. The van der Waals surface area contributed by atoms with Crippen molar-refractivity contribution in [2.75, 3.05) is 7.11 Å². The zero-order valence-corrected chi connectivity index (χ0v) is 19.2. The van der Waals surface area contributed by atoms with Crippen molar-refractivity contribution in [2.24, 2.45) is 0 Å². The van der Waals surface area contributed by atoms with E-state index in [1.165, 1.54) is 18.4 Å². The number of benzene rings is 2. The monoisotopic (exact) mass is 464 g/mol. The van der Waals surface area contributed by atoms with E-state index >= 15 is 0 Å². The van der Waals surface area contributed by atoms with Crippen LogP contribution in [0.1, 0.15) is 42.6 Å². The van der Waals surface area contributed by atoms with E-state index in [2.05, 4.69) is 0 Å². The molecule has 0 fully saturated rings. The fraction of sp³-hybridized carbons (Fsp3) is 0.231. The highest BCUT2D eigenvalue weighted by molar-refractivity contribution is 5.84. The van der Waals surface area contributed by atoms with E-state index in [4.69, 9.17) is 28.2 Å². The van der Waals surface area contributed by atoms with Crippen molar-refractivity contribution in [3.63, 3.8) is 0 Å². The number of ether oxygens (including phenoxy) is 3. The topological polar surface area (TPSA) is 108 Å². The summed E-state index contributed by atoms with van der Waals surface area (Å²) >= 11 is 0. The molecule has 8 nitrogen and oxygen atoms in total. The van der Waals surface area contributed by atoms with Gasteiger partial charge in [-0.25, -0.2) is 4.79 Å². The summed E-state index contributed by atoms with van der Waals surface area (Å²) < 4.78 is 27.8. The fourth-order valence-electron chi connectivity index (χ4n) is 3.41. The molecule has 0 radical (unpaired) electrons. The van der Waals surface area contributed by atoms with Gasteiger partial charge in [0.25, 0.3) is 0 Å². The van der Waals surface area contributed by atoms with Crippen molar-refractivity contribution in [1.29, 1.82) is 0 Å². The van der Waals surface area contributed by atoms with Crippen LogP contribution in [0.2, 0.25) is 0 Å². The van der Waals surface area contributed by atoms with Gasteiger partial charge in [-0.05, 0) is 47.9 Å². The molecular weight excluding hydrogens is 440 g/mol. The Morgan fingerprint density at radius 1 is 1.00 bits per heavy atom. The molecule has 0 aliphatic rings. The quantitative estimate of drug-likeness (QED) is 0.368. The van der Waals surface area contributed by atoms with Crippen molar-refractivity contribution in [3.8, 4) is 23.0 Å². The average Bonchev–Trinajstić information content (AvgIpc) is 3.28. The lowest BCUT2D eigenvalue weighted by molar-refractivity contribution is 0.0658. The van der Waals surface area contributed by atoms with Crippen LogP contribution in [0.25, 0.3) is 11.0 Å². The number of carboxylic acid groups (broad SMARTS) is 1. The first-order chi connectivity index (χ1) is 16.2. The number of furan rings is 1. The Morgan fingerprint density at radius 2 is 1.76 bits per heavy atom. The zero-order chi connectivity index (χ0) is 24.5. The summed E-state index contributed by atoms with van der Waals surface area (Å²) in [5.74, 6) is 0.777. The van der Waals surface area contributed by atoms with Gasteiger partial charge in [0.05, 0.1) is 12.5 Å². The summed E-state index contributed by atoms with van der Waals surface area (Å²) in [7, 11) is 1.60. The molecule has 4 rings (SSSR count). The predicted octanol–water partition coefficient (Wildman–Crippen LogP) is 5.76. The predicted molar refractivity (Wildman–Crippen MR) is 124 cm³/mol. The maximum atomic E-state index is 13.1. The second-order valence-corrected chi connectivity index (χ2v) is 8.66. The van der Waals surface area contributed by atoms with E-state index in [1.807, 2.05) is 26.8 Å². The highest BCUT2D eigenvalue weighted by atomic mass is 16.5. The zero-order valence-electron chi connectivity index (χ0n) is 19.2. The van der Waals surface area contributed by atoms with Crippen molar-refractivity contribution in [3.05, 3.63) is 82.1 Å². The number of rotatable bonds is 7. The van der Waals surface area contributed by atoms with Crippen molar-refractivity contribution < 1.29 is 32.9 Å². The Morgan fingerprint density at radius 3 is 2.44 bits per heavy atom. The third-order valence-electron chi connectivity index (χ3n) is 5.18. The highest BCUT2D eigenvalue weighted by Gasteiger charge is 2.22. The molecule has 176 valence electrons. The van der Waals surface area contributed by atoms with Gasteiger partial charge in [0.2, 0.25) is 16.9 Å². The summed E-state index contributed by atoms with van der Waals surface area (Å²) in [6, 6.07) is 13.1. The number of aromatic carboxylic acids is 1. The fourth-order valence-corrected chi connectivity index (χ4v) is 3.41. The maximum Gasteiger partial charge on any atom is 0.371 e. The molecule has 0 amide bonds. The molecule has 2 heterocycles. The molecule has 0 aliphatic carbocycles. The normalized spacial score (nSPS) is 11.4. The van der Waals surface area contributed by atoms with E-state index in [9.17, 15) is 9.59 Å². The largest absolute Gasteiger partial charge is 0.497 e. The van der Waals surface area contributed by atoms with E-state index in [1.54, 1.807) is 37.4 Å².